The summed E-state index contributed by atoms with van der Waals surface area (Å²) in [4.78, 5) is 7.67. The van der Waals surface area contributed by atoms with Gasteiger partial charge in [-0.2, -0.15) is 0 Å². The number of nitrogens with one attached hydrogen (secondary N) is 3. The number of nitrogens with zero attached hydrogens (tertiary/aromatic N) is 1. The topological polar surface area (TPSA) is 61.4 Å². The summed E-state index contributed by atoms with van der Waals surface area (Å²) in [5, 5.41) is 8.11. The average Bonchev–Trinajstić information content (AvgIpc) is 3.12. The zero-order valence-electron chi connectivity index (χ0n) is 16.7. The molecule has 0 radical (unpaired) electrons. The van der Waals surface area contributed by atoms with E-state index in [4.69, 9.17) is 4.74 Å². The van der Waals surface area contributed by atoms with E-state index in [1.54, 1.807) is 14.2 Å². The van der Waals surface area contributed by atoms with E-state index in [2.05, 4.69) is 64.1 Å². The van der Waals surface area contributed by atoms with Crippen molar-refractivity contribution in [2.24, 2.45) is 4.99 Å². The lowest BCUT2D eigenvalue weighted by Gasteiger charge is -2.12. The maximum Gasteiger partial charge on any atom is 0.190 e. The van der Waals surface area contributed by atoms with E-state index in [0.29, 0.717) is 0 Å². The fourth-order valence-electron chi connectivity index (χ4n) is 3.30. The predicted molar refractivity (Wildman–Crippen MR) is 128 cm³/mol. The molecule has 3 aromatic rings. The number of aromatic nitrogens is 1. The minimum absolute atomic E-state index is 0. The molecular formula is C22H29IN4O. The SMILES string of the molecule is CN=C(NCCc1ccc(OC)cc1)NCCc1c[nH]c2cccc(C)c12.I. The summed E-state index contributed by atoms with van der Waals surface area (Å²) >= 11 is 0. The van der Waals surface area contributed by atoms with Crippen molar-refractivity contribution in [1.82, 2.24) is 15.6 Å². The highest BCUT2D eigenvalue weighted by atomic mass is 127. The van der Waals surface area contributed by atoms with Crippen LogP contribution < -0.4 is 15.4 Å². The van der Waals surface area contributed by atoms with Gasteiger partial charge in [0.25, 0.3) is 0 Å². The van der Waals surface area contributed by atoms with Crippen LogP contribution in [-0.2, 0) is 12.8 Å². The Balaban J connectivity index is 0.00000280. The number of halogens is 1. The zero-order valence-corrected chi connectivity index (χ0v) is 19.0. The lowest BCUT2D eigenvalue weighted by Crippen LogP contribution is -2.39. The van der Waals surface area contributed by atoms with Crippen LogP contribution in [0.5, 0.6) is 5.75 Å². The minimum Gasteiger partial charge on any atom is -0.497 e. The van der Waals surface area contributed by atoms with Crippen LogP contribution in [0.4, 0.5) is 0 Å². The van der Waals surface area contributed by atoms with E-state index in [1.807, 2.05) is 12.1 Å². The molecule has 0 bridgehead atoms. The third-order valence-corrected chi connectivity index (χ3v) is 4.77. The monoisotopic (exact) mass is 492 g/mol. The summed E-state index contributed by atoms with van der Waals surface area (Å²) in [5.41, 5.74) is 5.12. The standard InChI is InChI=1S/C22H28N4O.HI/c1-16-5-4-6-20-21(16)18(15-26-20)12-14-25-22(23-2)24-13-11-17-7-9-19(27-3)10-8-17;/h4-10,15,26H,11-14H2,1-3H3,(H2,23,24,25);1H. The van der Waals surface area contributed by atoms with Gasteiger partial charge in [0.2, 0.25) is 0 Å². The number of benzene rings is 2. The Labute approximate surface area is 184 Å². The van der Waals surface area contributed by atoms with Gasteiger partial charge in [0.15, 0.2) is 5.96 Å². The van der Waals surface area contributed by atoms with Crippen molar-refractivity contribution in [1.29, 1.82) is 0 Å². The fraction of sp³-hybridized carbons (Fsp3) is 0.318. The van der Waals surface area contributed by atoms with E-state index in [1.165, 1.54) is 27.6 Å². The van der Waals surface area contributed by atoms with Gasteiger partial charge in [-0.25, -0.2) is 0 Å². The van der Waals surface area contributed by atoms with Gasteiger partial charge >= 0.3 is 0 Å². The van der Waals surface area contributed by atoms with Crippen LogP contribution in [0.25, 0.3) is 10.9 Å². The number of guanidine groups is 1. The van der Waals surface area contributed by atoms with E-state index >= 15 is 0 Å². The van der Waals surface area contributed by atoms with E-state index in [-0.39, 0.29) is 24.0 Å². The quantitative estimate of drug-likeness (QED) is 0.265. The number of ether oxygens (including phenoxy) is 1. The number of fused-ring (bicyclic) bond motifs is 1. The van der Waals surface area contributed by atoms with Crippen LogP contribution in [0.2, 0.25) is 0 Å². The second-order valence-corrected chi connectivity index (χ2v) is 6.59. The molecule has 0 saturated heterocycles. The number of methoxy groups -OCH3 is 1. The first-order valence-electron chi connectivity index (χ1n) is 9.34. The number of aryl methyl sites for hydroxylation is 1. The van der Waals surface area contributed by atoms with Crippen molar-refractivity contribution in [3.63, 3.8) is 0 Å². The second-order valence-electron chi connectivity index (χ2n) is 6.59. The Bertz CT molecular complexity index is 903. The molecule has 6 heteroatoms. The lowest BCUT2D eigenvalue weighted by atomic mass is 10.1. The Morgan fingerprint density at radius 2 is 1.75 bits per heavy atom. The minimum atomic E-state index is 0. The van der Waals surface area contributed by atoms with Gasteiger partial charge in [0.1, 0.15) is 5.75 Å². The van der Waals surface area contributed by atoms with Crippen molar-refractivity contribution >= 4 is 40.8 Å². The predicted octanol–water partition coefficient (Wildman–Crippen LogP) is 4.05. The average molecular weight is 492 g/mol. The van der Waals surface area contributed by atoms with Crippen LogP contribution in [0.3, 0.4) is 0 Å². The van der Waals surface area contributed by atoms with Gasteiger partial charge in [0, 0.05) is 37.2 Å². The highest BCUT2D eigenvalue weighted by Gasteiger charge is 2.06. The van der Waals surface area contributed by atoms with Crippen LogP contribution >= 0.6 is 24.0 Å². The van der Waals surface area contributed by atoms with E-state index < -0.39 is 0 Å². The van der Waals surface area contributed by atoms with E-state index in [0.717, 1.165) is 37.6 Å². The van der Waals surface area contributed by atoms with Gasteiger partial charge in [-0.05, 0) is 54.7 Å². The summed E-state index contributed by atoms with van der Waals surface area (Å²) in [6.45, 7) is 3.83. The van der Waals surface area contributed by atoms with Gasteiger partial charge < -0.3 is 20.4 Å². The van der Waals surface area contributed by atoms with Gasteiger partial charge in [-0.3, -0.25) is 4.99 Å². The molecular weight excluding hydrogens is 463 g/mol. The Morgan fingerprint density at radius 3 is 2.43 bits per heavy atom. The molecule has 0 amide bonds. The third kappa shape index (κ3) is 5.64. The summed E-state index contributed by atoms with van der Waals surface area (Å²) in [5.74, 6) is 1.72. The van der Waals surface area contributed by atoms with Crippen molar-refractivity contribution in [3.8, 4) is 5.75 Å². The Morgan fingerprint density at radius 1 is 1.04 bits per heavy atom. The summed E-state index contributed by atoms with van der Waals surface area (Å²) in [6, 6.07) is 14.5. The summed E-state index contributed by atoms with van der Waals surface area (Å²) in [6.07, 6.45) is 4.00. The van der Waals surface area contributed by atoms with Gasteiger partial charge in [-0.1, -0.05) is 24.3 Å². The molecule has 28 heavy (non-hydrogen) atoms. The molecule has 1 aromatic heterocycles. The molecule has 0 aliphatic carbocycles. The first-order chi connectivity index (χ1) is 13.2. The van der Waals surface area contributed by atoms with Gasteiger partial charge in [-0.15, -0.1) is 24.0 Å². The molecule has 150 valence electrons. The highest BCUT2D eigenvalue weighted by molar-refractivity contribution is 14.0. The molecule has 0 atom stereocenters. The van der Waals surface area contributed by atoms with Crippen molar-refractivity contribution < 1.29 is 4.74 Å². The van der Waals surface area contributed by atoms with Crippen molar-refractivity contribution in [3.05, 3.63) is 65.4 Å². The molecule has 0 fully saturated rings. The number of hydrogen-bond acceptors (Lipinski definition) is 2. The zero-order chi connectivity index (χ0) is 19.1. The molecule has 3 N–H and O–H groups in total. The highest BCUT2D eigenvalue weighted by Crippen LogP contribution is 2.22. The molecule has 1 heterocycles. The Hall–Kier alpha value is -2.22. The molecule has 5 nitrogen and oxygen atoms in total. The van der Waals surface area contributed by atoms with Crippen LogP contribution in [-0.4, -0.2) is 38.2 Å². The maximum atomic E-state index is 5.19. The first kappa shape index (κ1) is 22.1. The number of H-pyrrole nitrogens is 1. The summed E-state index contributed by atoms with van der Waals surface area (Å²) < 4.78 is 5.19. The van der Waals surface area contributed by atoms with Crippen LogP contribution in [0, 0.1) is 6.92 Å². The molecule has 0 aliphatic rings. The van der Waals surface area contributed by atoms with Crippen molar-refractivity contribution in [2.75, 3.05) is 27.2 Å². The maximum absolute atomic E-state index is 5.19. The Kier molecular flexibility index (Phi) is 8.63. The number of aromatic amines is 1. The summed E-state index contributed by atoms with van der Waals surface area (Å²) in [7, 11) is 3.49. The molecule has 0 unspecified atom stereocenters. The number of aliphatic imine (C=N–C) groups is 1. The third-order valence-electron chi connectivity index (χ3n) is 4.77. The smallest absolute Gasteiger partial charge is 0.190 e. The molecule has 3 rings (SSSR count). The lowest BCUT2D eigenvalue weighted by molar-refractivity contribution is 0.414. The number of hydrogen-bond donors (Lipinski definition) is 3. The normalized spacial score (nSPS) is 11.2. The first-order valence-corrected chi connectivity index (χ1v) is 9.34. The molecule has 0 aliphatic heterocycles. The molecule has 0 saturated carbocycles. The second kappa shape index (κ2) is 10.9. The van der Waals surface area contributed by atoms with Crippen LogP contribution in [0.1, 0.15) is 16.7 Å². The molecule has 0 spiro atoms. The largest absolute Gasteiger partial charge is 0.497 e. The number of rotatable bonds is 7. The van der Waals surface area contributed by atoms with Crippen molar-refractivity contribution in [2.45, 2.75) is 19.8 Å². The fourth-order valence-corrected chi connectivity index (χ4v) is 3.30. The molecule has 2 aromatic carbocycles. The van der Waals surface area contributed by atoms with Gasteiger partial charge in [0.05, 0.1) is 7.11 Å². The van der Waals surface area contributed by atoms with E-state index in [9.17, 15) is 0 Å². The van der Waals surface area contributed by atoms with Crippen LogP contribution in [0.15, 0.2) is 53.7 Å².